The van der Waals surface area contributed by atoms with E-state index in [9.17, 15) is 9.18 Å². The van der Waals surface area contributed by atoms with Gasteiger partial charge in [0.2, 0.25) is 0 Å². The van der Waals surface area contributed by atoms with Crippen LogP contribution in [0.3, 0.4) is 0 Å². The zero-order chi connectivity index (χ0) is 20.3. The van der Waals surface area contributed by atoms with Gasteiger partial charge in [-0.2, -0.15) is 4.98 Å². The van der Waals surface area contributed by atoms with Crippen LogP contribution in [-0.2, 0) is 4.74 Å². The largest absolute Gasteiger partial charge is 0.467 e. The summed E-state index contributed by atoms with van der Waals surface area (Å²) in [6, 6.07) is -0.384. The van der Waals surface area contributed by atoms with Gasteiger partial charge in [-0.15, -0.1) is 0 Å². The van der Waals surface area contributed by atoms with Gasteiger partial charge in [0.1, 0.15) is 11.3 Å². The summed E-state index contributed by atoms with van der Waals surface area (Å²) in [7, 11) is 1.45. The molecule has 0 radical (unpaired) electrons. The smallest absolute Gasteiger partial charge is 0.410 e. The van der Waals surface area contributed by atoms with Crippen LogP contribution in [0.5, 0.6) is 6.01 Å². The number of halogens is 1. The number of methoxy groups -OCH3 is 1. The summed E-state index contributed by atoms with van der Waals surface area (Å²) in [6.45, 7) is 8.04. The fraction of sp³-hybridized carbons (Fsp3) is 0.750. The molecule has 8 heteroatoms. The van der Waals surface area contributed by atoms with Gasteiger partial charge in [-0.05, 0) is 71.4 Å². The van der Waals surface area contributed by atoms with Crippen molar-refractivity contribution in [2.75, 3.05) is 26.7 Å². The molecule has 0 aromatic carbocycles. The summed E-state index contributed by atoms with van der Waals surface area (Å²) in [5.41, 5.74) is -0.411. The molecule has 2 atom stereocenters. The quantitative estimate of drug-likeness (QED) is 0.848. The molecule has 3 heterocycles. The number of hydrogen-bond acceptors (Lipinski definition) is 6. The molecule has 2 aliphatic rings. The molecule has 1 unspecified atom stereocenters. The highest BCUT2D eigenvalue weighted by molar-refractivity contribution is 5.69. The van der Waals surface area contributed by atoms with E-state index in [0.717, 1.165) is 38.5 Å². The summed E-state index contributed by atoms with van der Waals surface area (Å²) in [4.78, 5) is 22.6. The zero-order valence-electron chi connectivity index (χ0n) is 17.2. The third-order valence-electron chi connectivity index (χ3n) is 5.57. The number of carbonyl (C=O) groups excluding carboxylic acids is 1. The van der Waals surface area contributed by atoms with E-state index >= 15 is 0 Å². The summed E-state index contributed by atoms with van der Waals surface area (Å²) in [5, 5.41) is 3.39. The monoisotopic (exact) mass is 394 g/mol. The first kappa shape index (κ1) is 20.8. The Labute approximate surface area is 166 Å². The molecule has 1 amide bonds. The Morgan fingerprint density at radius 1 is 1.25 bits per heavy atom. The van der Waals surface area contributed by atoms with E-state index in [1.54, 1.807) is 4.90 Å². The SMILES string of the molecule is COc1ncc(F)c([C@H]2CC(C3CCNCC3)CCN2C(=O)OC(C)(C)C)n1. The Bertz CT molecular complexity index is 689. The Kier molecular flexibility index (Phi) is 6.37. The topological polar surface area (TPSA) is 76.6 Å². The van der Waals surface area contributed by atoms with Crippen LogP contribution in [0, 0.1) is 17.7 Å². The molecule has 0 bridgehead atoms. The molecule has 0 saturated carbocycles. The molecule has 0 spiro atoms. The number of ether oxygens (including phenoxy) is 2. The van der Waals surface area contributed by atoms with Crippen LogP contribution in [0.25, 0.3) is 0 Å². The number of amides is 1. The van der Waals surface area contributed by atoms with E-state index in [2.05, 4.69) is 15.3 Å². The highest BCUT2D eigenvalue weighted by Gasteiger charge is 2.40. The van der Waals surface area contributed by atoms with Gasteiger partial charge >= 0.3 is 12.1 Å². The molecule has 3 rings (SSSR count). The first-order valence-corrected chi connectivity index (χ1v) is 10.0. The van der Waals surface area contributed by atoms with Crippen LogP contribution in [0.15, 0.2) is 6.20 Å². The lowest BCUT2D eigenvalue weighted by Crippen LogP contribution is -2.46. The normalized spacial score (nSPS) is 24.1. The Morgan fingerprint density at radius 3 is 2.61 bits per heavy atom. The average Bonchev–Trinajstić information content (AvgIpc) is 2.67. The molecule has 1 aromatic heterocycles. The van der Waals surface area contributed by atoms with Crippen molar-refractivity contribution in [3.8, 4) is 6.01 Å². The van der Waals surface area contributed by atoms with Gasteiger partial charge in [0, 0.05) is 6.54 Å². The van der Waals surface area contributed by atoms with Crippen molar-refractivity contribution in [1.29, 1.82) is 0 Å². The minimum atomic E-state index is -0.616. The van der Waals surface area contributed by atoms with Crippen LogP contribution in [0.4, 0.5) is 9.18 Å². The van der Waals surface area contributed by atoms with Crippen LogP contribution >= 0.6 is 0 Å². The van der Waals surface area contributed by atoms with Crippen LogP contribution in [-0.4, -0.2) is 53.3 Å². The van der Waals surface area contributed by atoms with E-state index in [-0.39, 0.29) is 11.7 Å². The van der Waals surface area contributed by atoms with E-state index in [1.807, 2.05) is 20.8 Å². The van der Waals surface area contributed by atoms with E-state index < -0.39 is 23.6 Å². The number of nitrogens with zero attached hydrogens (tertiary/aromatic N) is 3. The third kappa shape index (κ3) is 4.90. The molecule has 1 N–H and O–H groups in total. The molecule has 2 fully saturated rings. The maximum atomic E-state index is 14.7. The lowest BCUT2D eigenvalue weighted by atomic mass is 9.76. The summed E-state index contributed by atoms with van der Waals surface area (Å²) >= 11 is 0. The number of rotatable bonds is 3. The van der Waals surface area contributed by atoms with E-state index in [0.29, 0.717) is 24.8 Å². The highest BCUT2D eigenvalue weighted by Crippen LogP contribution is 2.41. The van der Waals surface area contributed by atoms with Crippen molar-refractivity contribution in [1.82, 2.24) is 20.2 Å². The predicted octanol–water partition coefficient (Wildman–Crippen LogP) is 3.31. The number of carbonyl (C=O) groups is 1. The first-order chi connectivity index (χ1) is 13.3. The van der Waals surface area contributed by atoms with E-state index in [1.165, 1.54) is 7.11 Å². The van der Waals surface area contributed by atoms with Gasteiger partial charge in [-0.25, -0.2) is 14.2 Å². The molecule has 156 valence electrons. The van der Waals surface area contributed by atoms with Crippen molar-refractivity contribution in [3.05, 3.63) is 17.7 Å². The first-order valence-electron chi connectivity index (χ1n) is 10.0. The molecular formula is C20H31FN4O3. The van der Waals surface area contributed by atoms with Gasteiger partial charge in [-0.1, -0.05) is 0 Å². The van der Waals surface area contributed by atoms with Crippen molar-refractivity contribution in [2.45, 2.75) is 58.1 Å². The van der Waals surface area contributed by atoms with Crippen LogP contribution < -0.4 is 10.1 Å². The minimum Gasteiger partial charge on any atom is -0.467 e. The number of nitrogens with one attached hydrogen (secondary N) is 1. The van der Waals surface area contributed by atoms with E-state index in [4.69, 9.17) is 9.47 Å². The fourth-order valence-corrected chi connectivity index (χ4v) is 4.23. The molecule has 2 aliphatic heterocycles. The summed E-state index contributed by atoms with van der Waals surface area (Å²) in [6.07, 6.45) is 4.46. The average molecular weight is 394 g/mol. The summed E-state index contributed by atoms with van der Waals surface area (Å²) < 4.78 is 25.3. The third-order valence-corrected chi connectivity index (χ3v) is 5.57. The molecule has 0 aliphatic carbocycles. The Balaban J connectivity index is 1.88. The van der Waals surface area contributed by atoms with Crippen molar-refractivity contribution in [3.63, 3.8) is 0 Å². The van der Waals surface area contributed by atoms with Gasteiger partial charge in [0.15, 0.2) is 5.82 Å². The van der Waals surface area contributed by atoms with Gasteiger partial charge in [-0.3, -0.25) is 4.90 Å². The fourth-order valence-electron chi connectivity index (χ4n) is 4.23. The second-order valence-electron chi connectivity index (χ2n) is 8.65. The number of likely N-dealkylation sites (tertiary alicyclic amines) is 1. The number of piperidine rings is 2. The number of hydrogen-bond donors (Lipinski definition) is 1. The lowest BCUT2D eigenvalue weighted by molar-refractivity contribution is -0.00247. The molecule has 28 heavy (non-hydrogen) atoms. The van der Waals surface area contributed by atoms with Crippen molar-refractivity contribution < 1.29 is 18.7 Å². The lowest BCUT2D eigenvalue weighted by Gasteiger charge is -2.43. The van der Waals surface area contributed by atoms with Gasteiger partial charge in [0.25, 0.3) is 0 Å². The molecule has 2 saturated heterocycles. The zero-order valence-corrected chi connectivity index (χ0v) is 17.2. The maximum absolute atomic E-state index is 14.7. The van der Waals surface area contributed by atoms with Crippen LogP contribution in [0.2, 0.25) is 0 Å². The Morgan fingerprint density at radius 2 is 1.96 bits per heavy atom. The molecule has 1 aromatic rings. The second kappa shape index (κ2) is 8.59. The maximum Gasteiger partial charge on any atom is 0.410 e. The minimum absolute atomic E-state index is 0.101. The standard InChI is InChI=1S/C20H31FN4O3/c1-20(2,3)28-19(26)25-10-7-14(13-5-8-22-9-6-13)11-16(25)17-15(21)12-23-18(24-17)27-4/h12-14,16,22H,5-11H2,1-4H3/t14?,16-/m1/s1. The van der Waals surface area contributed by atoms with Crippen LogP contribution in [0.1, 0.15) is 58.2 Å². The van der Waals surface area contributed by atoms with Gasteiger partial charge in [0.05, 0.1) is 19.3 Å². The Hall–Kier alpha value is -1.96. The summed E-state index contributed by atoms with van der Waals surface area (Å²) in [5.74, 6) is 0.479. The second-order valence-corrected chi connectivity index (χ2v) is 8.65. The predicted molar refractivity (Wildman–Crippen MR) is 103 cm³/mol. The molecular weight excluding hydrogens is 363 g/mol. The highest BCUT2D eigenvalue weighted by atomic mass is 19.1. The van der Waals surface area contributed by atoms with Gasteiger partial charge < -0.3 is 14.8 Å². The van der Waals surface area contributed by atoms with Crippen molar-refractivity contribution in [2.24, 2.45) is 11.8 Å². The number of aromatic nitrogens is 2. The van der Waals surface area contributed by atoms with Crippen molar-refractivity contribution >= 4 is 6.09 Å². The molecule has 7 nitrogen and oxygen atoms in total.